The summed E-state index contributed by atoms with van der Waals surface area (Å²) >= 11 is 0. The molecular weight excluding hydrogens is 355 g/mol. The Morgan fingerprint density at radius 1 is 1.18 bits per heavy atom. The van der Waals surface area contributed by atoms with Crippen LogP contribution in [0.15, 0.2) is 54.7 Å². The van der Waals surface area contributed by atoms with Crippen molar-refractivity contribution in [3.05, 3.63) is 77.4 Å². The van der Waals surface area contributed by atoms with Crippen LogP contribution in [0.1, 0.15) is 23.7 Å². The van der Waals surface area contributed by atoms with Gasteiger partial charge < -0.3 is 10.1 Å². The Morgan fingerprint density at radius 2 is 2.07 bits per heavy atom. The zero-order chi connectivity index (χ0) is 19.3. The number of hydrogen-bond acceptors (Lipinski definition) is 5. The number of fused-ring (bicyclic) bond motifs is 1. The van der Waals surface area contributed by atoms with Gasteiger partial charge in [0.25, 0.3) is 0 Å². The molecule has 0 saturated carbocycles. The zero-order valence-electron chi connectivity index (χ0n) is 15.9. The molecule has 3 aromatic rings. The summed E-state index contributed by atoms with van der Waals surface area (Å²) in [4.78, 5) is 11.3. The molecule has 1 N–H and O–H groups in total. The van der Waals surface area contributed by atoms with Crippen LogP contribution in [0.3, 0.4) is 0 Å². The highest BCUT2D eigenvalue weighted by atomic mass is 19.1. The van der Waals surface area contributed by atoms with Crippen LogP contribution in [0, 0.1) is 5.82 Å². The third kappa shape index (κ3) is 4.28. The SMILES string of the molecule is CCOc1cccc(CN2CCc3nc(Nc4ccccc4F)ncc3C2)c1. The van der Waals surface area contributed by atoms with Crippen LogP contribution in [-0.4, -0.2) is 28.0 Å². The van der Waals surface area contributed by atoms with Crippen LogP contribution < -0.4 is 10.1 Å². The quantitative estimate of drug-likeness (QED) is 0.692. The monoisotopic (exact) mass is 378 g/mol. The van der Waals surface area contributed by atoms with E-state index in [4.69, 9.17) is 4.74 Å². The predicted octanol–water partition coefficient (Wildman–Crippen LogP) is 4.32. The summed E-state index contributed by atoms with van der Waals surface area (Å²) in [5.74, 6) is 1.02. The maximum atomic E-state index is 13.8. The van der Waals surface area contributed by atoms with Crippen molar-refractivity contribution >= 4 is 11.6 Å². The van der Waals surface area contributed by atoms with E-state index < -0.39 is 0 Å². The average molecular weight is 378 g/mol. The number of para-hydroxylation sites is 1. The molecular formula is C22H23FN4O. The van der Waals surface area contributed by atoms with E-state index in [0.717, 1.165) is 43.1 Å². The van der Waals surface area contributed by atoms with E-state index in [0.29, 0.717) is 18.2 Å². The van der Waals surface area contributed by atoms with Crippen LogP contribution in [-0.2, 0) is 19.5 Å². The first kappa shape index (κ1) is 18.4. The van der Waals surface area contributed by atoms with Crippen molar-refractivity contribution in [2.45, 2.75) is 26.4 Å². The highest BCUT2D eigenvalue weighted by Crippen LogP contribution is 2.23. The van der Waals surface area contributed by atoms with Gasteiger partial charge in [0, 0.05) is 37.8 Å². The van der Waals surface area contributed by atoms with E-state index in [-0.39, 0.29) is 5.82 Å². The molecule has 0 amide bonds. The van der Waals surface area contributed by atoms with Crippen LogP contribution in [0.4, 0.5) is 16.0 Å². The molecule has 2 heterocycles. The number of benzene rings is 2. The van der Waals surface area contributed by atoms with Gasteiger partial charge in [-0.05, 0) is 36.8 Å². The fraction of sp³-hybridized carbons (Fsp3) is 0.273. The Bertz CT molecular complexity index is 963. The number of nitrogens with zero attached hydrogens (tertiary/aromatic N) is 3. The lowest BCUT2D eigenvalue weighted by Crippen LogP contribution is -2.31. The number of rotatable bonds is 6. The third-order valence-corrected chi connectivity index (χ3v) is 4.75. The van der Waals surface area contributed by atoms with Gasteiger partial charge in [-0.25, -0.2) is 14.4 Å². The van der Waals surface area contributed by atoms with Crippen molar-refractivity contribution in [1.29, 1.82) is 0 Å². The van der Waals surface area contributed by atoms with Crippen molar-refractivity contribution < 1.29 is 9.13 Å². The molecule has 6 heteroatoms. The van der Waals surface area contributed by atoms with Crippen LogP contribution in [0.2, 0.25) is 0 Å². The molecule has 5 nitrogen and oxygen atoms in total. The molecule has 1 aromatic heterocycles. The summed E-state index contributed by atoms with van der Waals surface area (Å²) in [5.41, 5.74) is 3.75. The van der Waals surface area contributed by atoms with E-state index in [1.807, 2.05) is 25.3 Å². The minimum atomic E-state index is -0.315. The topological polar surface area (TPSA) is 50.3 Å². The first-order valence-corrected chi connectivity index (χ1v) is 9.51. The Labute approximate surface area is 164 Å². The van der Waals surface area contributed by atoms with Gasteiger partial charge in [-0.2, -0.15) is 0 Å². The second-order valence-electron chi connectivity index (χ2n) is 6.81. The smallest absolute Gasteiger partial charge is 0.227 e. The summed E-state index contributed by atoms with van der Waals surface area (Å²) in [6.45, 7) is 5.23. The van der Waals surface area contributed by atoms with Gasteiger partial charge in [-0.15, -0.1) is 0 Å². The summed E-state index contributed by atoms with van der Waals surface area (Å²) in [6, 6.07) is 14.8. The molecule has 0 fully saturated rings. The zero-order valence-corrected chi connectivity index (χ0v) is 15.9. The number of aromatic nitrogens is 2. The molecule has 0 aliphatic carbocycles. The number of halogens is 1. The number of hydrogen-bond donors (Lipinski definition) is 1. The third-order valence-electron chi connectivity index (χ3n) is 4.75. The Morgan fingerprint density at radius 3 is 2.93 bits per heavy atom. The molecule has 0 spiro atoms. The molecule has 1 aliphatic rings. The van der Waals surface area contributed by atoms with E-state index >= 15 is 0 Å². The summed E-state index contributed by atoms with van der Waals surface area (Å²) in [7, 11) is 0. The van der Waals surface area contributed by atoms with E-state index in [1.165, 1.54) is 11.6 Å². The van der Waals surface area contributed by atoms with Crippen LogP contribution >= 0.6 is 0 Å². The molecule has 0 atom stereocenters. The molecule has 2 aromatic carbocycles. The lowest BCUT2D eigenvalue weighted by molar-refractivity contribution is 0.242. The van der Waals surface area contributed by atoms with Crippen LogP contribution in [0.5, 0.6) is 5.75 Å². The van der Waals surface area contributed by atoms with Crippen LogP contribution in [0.25, 0.3) is 0 Å². The number of ether oxygens (including phenoxy) is 1. The molecule has 0 saturated heterocycles. The van der Waals surface area contributed by atoms with Crippen molar-refractivity contribution in [2.75, 3.05) is 18.5 Å². The van der Waals surface area contributed by atoms with Gasteiger partial charge in [0.15, 0.2) is 0 Å². The molecule has 1 aliphatic heterocycles. The lowest BCUT2D eigenvalue weighted by atomic mass is 10.1. The van der Waals surface area contributed by atoms with E-state index in [9.17, 15) is 4.39 Å². The Kier molecular flexibility index (Phi) is 5.48. The first-order chi connectivity index (χ1) is 13.7. The summed E-state index contributed by atoms with van der Waals surface area (Å²) in [6.07, 6.45) is 2.68. The van der Waals surface area contributed by atoms with Crippen molar-refractivity contribution in [3.63, 3.8) is 0 Å². The molecule has 0 radical (unpaired) electrons. The van der Waals surface area contributed by atoms with E-state index in [2.05, 4.69) is 32.3 Å². The summed E-state index contributed by atoms with van der Waals surface area (Å²) in [5, 5.41) is 2.97. The van der Waals surface area contributed by atoms with Gasteiger partial charge in [-0.3, -0.25) is 4.90 Å². The molecule has 0 unspecified atom stereocenters. The van der Waals surface area contributed by atoms with Gasteiger partial charge in [-0.1, -0.05) is 24.3 Å². The minimum Gasteiger partial charge on any atom is -0.494 e. The predicted molar refractivity (Wildman–Crippen MR) is 107 cm³/mol. The van der Waals surface area contributed by atoms with Crippen molar-refractivity contribution in [2.24, 2.45) is 0 Å². The van der Waals surface area contributed by atoms with Crippen molar-refractivity contribution in [1.82, 2.24) is 14.9 Å². The van der Waals surface area contributed by atoms with Crippen molar-refractivity contribution in [3.8, 4) is 5.75 Å². The minimum absolute atomic E-state index is 0.315. The second-order valence-corrected chi connectivity index (χ2v) is 6.81. The largest absolute Gasteiger partial charge is 0.494 e. The second kappa shape index (κ2) is 8.35. The number of anilines is 2. The standard InChI is InChI=1S/C22H23FN4O/c1-2-28-18-7-5-6-16(12-18)14-27-11-10-20-17(15-27)13-24-22(25-20)26-21-9-4-3-8-19(21)23/h3-9,12-13H,2,10-11,14-15H2,1H3,(H,24,25,26). The fourth-order valence-electron chi connectivity index (χ4n) is 3.41. The molecule has 28 heavy (non-hydrogen) atoms. The average Bonchev–Trinajstić information content (AvgIpc) is 2.70. The van der Waals surface area contributed by atoms with Gasteiger partial charge in [0.05, 0.1) is 18.0 Å². The molecule has 144 valence electrons. The van der Waals surface area contributed by atoms with Gasteiger partial charge in [0.1, 0.15) is 11.6 Å². The highest BCUT2D eigenvalue weighted by Gasteiger charge is 2.19. The first-order valence-electron chi connectivity index (χ1n) is 9.51. The number of nitrogens with one attached hydrogen (secondary N) is 1. The van der Waals surface area contributed by atoms with E-state index in [1.54, 1.807) is 18.2 Å². The lowest BCUT2D eigenvalue weighted by Gasteiger charge is -2.28. The Balaban J connectivity index is 1.43. The normalized spacial score (nSPS) is 13.8. The molecule has 0 bridgehead atoms. The fourth-order valence-corrected chi connectivity index (χ4v) is 3.41. The maximum absolute atomic E-state index is 13.8. The van der Waals surface area contributed by atoms with Gasteiger partial charge in [0.2, 0.25) is 5.95 Å². The maximum Gasteiger partial charge on any atom is 0.227 e. The van der Waals surface area contributed by atoms with Gasteiger partial charge >= 0.3 is 0 Å². The Hall–Kier alpha value is -2.99. The summed E-state index contributed by atoms with van der Waals surface area (Å²) < 4.78 is 19.4. The molecule has 4 rings (SSSR count). The highest BCUT2D eigenvalue weighted by molar-refractivity contribution is 5.54.